The van der Waals surface area contributed by atoms with E-state index in [1.807, 2.05) is 6.26 Å². The molecule has 1 saturated heterocycles. The molecule has 88 valence electrons. The molecule has 1 fully saturated rings. The highest BCUT2D eigenvalue weighted by atomic mass is 32.2. The Hall–Kier alpha value is -0.220. The van der Waals surface area contributed by atoms with Crippen molar-refractivity contribution in [3.8, 4) is 0 Å². The highest BCUT2D eigenvalue weighted by molar-refractivity contribution is 7.99. The van der Waals surface area contributed by atoms with Crippen LogP contribution in [0.25, 0.3) is 0 Å². The van der Waals surface area contributed by atoms with E-state index >= 15 is 0 Å². The minimum atomic E-state index is 0.304. The first kappa shape index (κ1) is 12.8. The summed E-state index contributed by atoms with van der Waals surface area (Å²) in [4.78, 5) is 14.0. The van der Waals surface area contributed by atoms with Gasteiger partial charge < -0.3 is 10.2 Å². The molecule has 1 aliphatic rings. The minimum Gasteiger partial charge on any atom is -0.338 e. The minimum absolute atomic E-state index is 0.304. The molecule has 0 saturated carbocycles. The van der Waals surface area contributed by atoms with Gasteiger partial charge in [0.15, 0.2) is 0 Å². The summed E-state index contributed by atoms with van der Waals surface area (Å²) >= 11 is 1.62. The maximum absolute atomic E-state index is 11.9. The van der Waals surface area contributed by atoms with E-state index in [0.29, 0.717) is 17.7 Å². The molecule has 0 aromatic carbocycles. The van der Waals surface area contributed by atoms with Gasteiger partial charge in [0.05, 0.1) is 5.75 Å². The van der Waals surface area contributed by atoms with E-state index in [1.165, 1.54) is 6.42 Å². The Bertz CT molecular complexity index is 193. The van der Waals surface area contributed by atoms with E-state index in [0.717, 1.165) is 32.5 Å². The van der Waals surface area contributed by atoms with Gasteiger partial charge in [0.25, 0.3) is 0 Å². The first-order valence-electron chi connectivity index (χ1n) is 5.78. The van der Waals surface area contributed by atoms with Crippen molar-refractivity contribution < 1.29 is 4.79 Å². The summed E-state index contributed by atoms with van der Waals surface area (Å²) in [5, 5.41) is 3.37. The van der Waals surface area contributed by atoms with Gasteiger partial charge in [-0.1, -0.05) is 6.92 Å². The van der Waals surface area contributed by atoms with Crippen molar-refractivity contribution in [3.05, 3.63) is 0 Å². The number of carbonyl (C=O) groups excluding carboxylic acids is 1. The Kier molecular flexibility index (Phi) is 6.10. The molecule has 15 heavy (non-hydrogen) atoms. The molecule has 1 rings (SSSR count). The predicted octanol–water partition coefficient (Wildman–Crippen LogP) is 1.34. The van der Waals surface area contributed by atoms with Crippen molar-refractivity contribution in [2.75, 3.05) is 31.6 Å². The SMILES string of the molecule is CCCN(C(=O)CSC)C1CCCNC1. The van der Waals surface area contributed by atoms with Gasteiger partial charge in [-0.25, -0.2) is 0 Å². The second kappa shape index (κ2) is 7.12. The summed E-state index contributed by atoms with van der Waals surface area (Å²) in [5.74, 6) is 0.925. The largest absolute Gasteiger partial charge is 0.338 e. The summed E-state index contributed by atoms with van der Waals surface area (Å²) in [6.07, 6.45) is 5.39. The molecule has 0 bridgehead atoms. The fourth-order valence-electron chi connectivity index (χ4n) is 2.06. The van der Waals surface area contributed by atoms with Gasteiger partial charge >= 0.3 is 0 Å². The number of hydrogen-bond acceptors (Lipinski definition) is 3. The summed E-state index contributed by atoms with van der Waals surface area (Å²) in [6, 6.07) is 0.429. The van der Waals surface area contributed by atoms with Crippen molar-refractivity contribution in [2.45, 2.75) is 32.2 Å². The van der Waals surface area contributed by atoms with E-state index in [9.17, 15) is 4.79 Å². The van der Waals surface area contributed by atoms with Crippen LogP contribution >= 0.6 is 11.8 Å². The average molecular weight is 230 g/mol. The predicted molar refractivity (Wildman–Crippen MR) is 66.3 cm³/mol. The molecule has 3 nitrogen and oxygen atoms in total. The number of carbonyl (C=O) groups is 1. The highest BCUT2D eigenvalue weighted by Gasteiger charge is 2.23. The fraction of sp³-hybridized carbons (Fsp3) is 0.909. The maximum atomic E-state index is 11.9. The Balaban J connectivity index is 2.50. The number of nitrogens with zero attached hydrogens (tertiary/aromatic N) is 1. The number of amides is 1. The second-order valence-electron chi connectivity index (χ2n) is 4.02. The number of nitrogens with one attached hydrogen (secondary N) is 1. The lowest BCUT2D eigenvalue weighted by Crippen LogP contribution is -2.49. The standard InChI is InChI=1S/C11H22N2OS/c1-3-7-13(11(14)9-15-2)10-5-4-6-12-8-10/h10,12H,3-9H2,1-2H3. The molecule has 1 atom stereocenters. The molecular formula is C11H22N2OS. The van der Waals surface area contributed by atoms with Gasteiger partial charge in [-0.15, -0.1) is 0 Å². The van der Waals surface area contributed by atoms with Crippen LogP contribution in [0.5, 0.6) is 0 Å². The van der Waals surface area contributed by atoms with Crippen molar-refractivity contribution in [2.24, 2.45) is 0 Å². The number of piperidine rings is 1. The number of hydrogen-bond donors (Lipinski definition) is 1. The molecule has 0 spiro atoms. The van der Waals surface area contributed by atoms with Crippen molar-refractivity contribution in [1.82, 2.24) is 10.2 Å². The molecule has 0 aliphatic carbocycles. The maximum Gasteiger partial charge on any atom is 0.232 e. The van der Waals surface area contributed by atoms with Crippen LogP contribution in [-0.2, 0) is 4.79 Å². The van der Waals surface area contributed by atoms with Gasteiger partial charge in [-0.05, 0) is 32.1 Å². The van der Waals surface area contributed by atoms with Gasteiger partial charge in [0.1, 0.15) is 0 Å². The molecule has 1 aliphatic heterocycles. The lowest BCUT2D eigenvalue weighted by atomic mass is 10.1. The Morgan fingerprint density at radius 2 is 2.40 bits per heavy atom. The number of rotatable bonds is 5. The zero-order chi connectivity index (χ0) is 11.1. The Morgan fingerprint density at radius 3 is 2.93 bits per heavy atom. The Labute approximate surface area is 97.0 Å². The molecular weight excluding hydrogens is 208 g/mol. The molecule has 1 unspecified atom stereocenters. The second-order valence-corrected chi connectivity index (χ2v) is 4.89. The molecule has 0 aromatic heterocycles. The third-order valence-electron chi connectivity index (χ3n) is 2.76. The average Bonchev–Trinajstić information content (AvgIpc) is 2.27. The molecule has 4 heteroatoms. The summed E-state index contributed by atoms with van der Waals surface area (Å²) in [7, 11) is 0. The van der Waals surface area contributed by atoms with Crippen LogP contribution in [0.3, 0.4) is 0 Å². The normalized spacial score (nSPS) is 21.3. The Morgan fingerprint density at radius 1 is 1.60 bits per heavy atom. The van der Waals surface area contributed by atoms with Crippen LogP contribution in [0.4, 0.5) is 0 Å². The van der Waals surface area contributed by atoms with Crippen molar-refractivity contribution in [3.63, 3.8) is 0 Å². The smallest absolute Gasteiger partial charge is 0.232 e. The van der Waals surface area contributed by atoms with Gasteiger partial charge in [0.2, 0.25) is 5.91 Å². The van der Waals surface area contributed by atoms with Crippen molar-refractivity contribution in [1.29, 1.82) is 0 Å². The fourth-order valence-corrected chi connectivity index (χ4v) is 2.47. The van der Waals surface area contributed by atoms with E-state index < -0.39 is 0 Å². The zero-order valence-electron chi connectivity index (χ0n) is 9.79. The topological polar surface area (TPSA) is 32.3 Å². The number of thioether (sulfide) groups is 1. The molecule has 0 aromatic rings. The lowest BCUT2D eigenvalue weighted by molar-refractivity contribution is -0.131. The third-order valence-corrected chi connectivity index (χ3v) is 3.30. The zero-order valence-corrected chi connectivity index (χ0v) is 10.6. The summed E-state index contributed by atoms with van der Waals surface area (Å²) in [5.41, 5.74) is 0. The summed E-state index contributed by atoms with van der Waals surface area (Å²) in [6.45, 7) is 5.12. The van der Waals surface area contributed by atoms with Gasteiger partial charge in [-0.3, -0.25) is 4.79 Å². The molecule has 1 amide bonds. The van der Waals surface area contributed by atoms with Crippen LogP contribution in [-0.4, -0.2) is 48.5 Å². The lowest BCUT2D eigenvalue weighted by Gasteiger charge is -2.34. The van der Waals surface area contributed by atoms with Crippen molar-refractivity contribution >= 4 is 17.7 Å². The molecule has 1 heterocycles. The quantitative estimate of drug-likeness (QED) is 0.773. The van der Waals surface area contributed by atoms with E-state index in [-0.39, 0.29) is 0 Å². The van der Waals surface area contributed by atoms with Crippen LogP contribution < -0.4 is 5.32 Å². The van der Waals surface area contributed by atoms with E-state index in [1.54, 1.807) is 11.8 Å². The van der Waals surface area contributed by atoms with Crippen LogP contribution in [0.15, 0.2) is 0 Å². The first-order chi connectivity index (χ1) is 7.29. The van der Waals surface area contributed by atoms with E-state index in [2.05, 4.69) is 17.1 Å². The molecule has 1 N–H and O–H groups in total. The van der Waals surface area contributed by atoms with Crippen LogP contribution in [0.2, 0.25) is 0 Å². The van der Waals surface area contributed by atoms with Gasteiger partial charge in [-0.2, -0.15) is 11.8 Å². The highest BCUT2D eigenvalue weighted by Crippen LogP contribution is 2.12. The molecule has 0 radical (unpaired) electrons. The van der Waals surface area contributed by atoms with Crippen LogP contribution in [0, 0.1) is 0 Å². The first-order valence-corrected chi connectivity index (χ1v) is 7.18. The summed E-state index contributed by atoms with van der Waals surface area (Å²) < 4.78 is 0. The monoisotopic (exact) mass is 230 g/mol. The van der Waals surface area contributed by atoms with Crippen LogP contribution in [0.1, 0.15) is 26.2 Å². The van der Waals surface area contributed by atoms with E-state index in [4.69, 9.17) is 0 Å². The van der Waals surface area contributed by atoms with Gasteiger partial charge in [0, 0.05) is 19.1 Å². The third kappa shape index (κ3) is 4.03.